The summed E-state index contributed by atoms with van der Waals surface area (Å²) in [6.45, 7) is 3.04. The van der Waals surface area contributed by atoms with Crippen LogP contribution in [-0.4, -0.2) is 38.6 Å². The fraction of sp³-hybridized carbons (Fsp3) is 0.722. The highest BCUT2D eigenvalue weighted by atomic mass is 16.6. The lowest BCUT2D eigenvalue weighted by molar-refractivity contribution is -0.00683. The Hall–Kier alpha value is -1.78. The second-order valence-corrected chi connectivity index (χ2v) is 15.9. The van der Waals surface area contributed by atoms with Gasteiger partial charge in [-0.2, -0.15) is 0 Å². The van der Waals surface area contributed by atoms with Crippen LogP contribution in [0, 0.1) is 35.5 Å². The number of hydrogen-bond acceptors (Lipinski definition) is 4. The lowest BCUT2D eigenvalue weighted by atomic mass is 9.47. The van der Waals surface area contributed by atoms with Crippen LogP contribution in [-0.2, 0) is 20.3 Å². The maximum Gasteiger partial charge on any atom is 0.131 e. The molecule has 0 spiro atoms. The van der Waals surface area contributed by atoms with Crippen LogP contribution in [0.3, 0.4) is 0 Å². The van der Waals surface area contributed by atoms with Crippen LogP contribution in [0.15, 0.2) is 24.3 Å². The van der Waals surface area contributed by atoms with Crippen molar-refractivity contribution in [3.8, 4) is 11.5 Å². The SMILES string of the molecule is c1cc2cc(OCC3CO3)cc(C34CC5CC(CC(C5)C3)C4)c2c(OCC2CO2)c1C12CC3CC(CC(C3)C1)C2. The molecular weight excluding hydrogens is 496 g/mol. The number of fused-ring (bicyclic) bond motifs is 1. The highest BCUT2D eigenvalue weighted by molar-refractivity contribution is 5.95. The largest absolute Gasteiger partial charge is 0.491 e. The molecule has 0 radical (unpaired) electrons. The van der Waals surface area contributed by atoms with E-state index in [1.165, 1.54) is 93.6 Å². The van der Waals surface area contributed by atoms with Gasteiger partial charge in [-0.15, -0.1) is 0 Å². The molecule has 4 heteroatoms. The number of benzene rings is 2. The standard InChI is InChI=1S/C36H44O4/c1-2-31(35-11-21-3-22(12-35)5-23(4-21)13-35)34(40-20-30-19-39-30)33-27(1)9-28(37-17-29-18-38-29)10-32(33)36-14-24-6-25(15-36)8-26(7-24)16-36/h1-2,9-10,21-26,29-30H,3-8,11-20H2. The second kappa shape index (κ2) is 8.40. The molecular formula is C36H44O4. The molecule has 2 unspecified atom stereocenters. The van der Waals surface area contributed by atoms with Crippen LogP contribution >= 0.6 is 0 Å². The van der Waals surface area contributed by atoms with Gasteiger partial charge in [0.2, 0.25) is 0 Å². The molecule has 0 aromatic heterocycles. The fourth-order valence-corrected chi connectivity index (χ4v) is 12.0. The summed E-state index contributed by atoms with van der Waals surface area (Å²) in [5.41, 5.74) is 3.69. The highest BCUT2D eigenvalue weighted by Crippen LogP contribution is 2.65. The predicted octanol–water partition coefficient (Wildman–Crippen LogP) is 7.33. The van der Waals surface area contributed by atoms with Gasteiger partial charge in [0, 0.05) is 10.9 Å². The summed E-state index contributed by atoms with van der Waals surface area (Å²) < 4.78 is 24.7. The zero-order valence-electron chi connectivity index (χ0n) is 23.9. The molecule has 2 aromatic carbocycles. The molecule has 0 amide bonds. The average molecular weight is 541 g/mol. The van der Waals surface area contributed by atoms with E-state index in [4.69, 9.17) is 18.9 Å². The molecule has 10 aliphatic rings. The number of ether oxygens (including phenoxy) is 4. The summed E-state index contributed by atoms with van der Waals surface area (Å²) in [5.74, 6) is 7.74. The zero-order valence-corrected chi connectivity index (χ0v) is 23.9. The van der Waals surface area contributed by atoms with E-state index in [1.807, 2.05) is 0 Å². The molecule has 2 heterocycles. The van der Waals surface area contributed by atoms with Crippen molar-refractivity contribution in [3.05, 3.63) is 35.4 Å². The number of hydrogen-bond donors (Lipinski definition) is 0. The normalized spacial score (nSPS) is 45.3. The maximum atomic E-state index is 7.03. The smallest absolute Gasteiger partial charge is 0.131 e. The Morgan fingerprint density at radius 1 is 0.600 bits per heavy atom. The van der Waals surface area contributed by atoms with Crippen molar-refractivity contribution in [1.82, 2.24) is 0 Å². The maximum absolute atomic E-state index is 7.03. The number of epoxide rings is 2. The van der Waals surface area contributed by atoms with Crippen LogP contribution in [0.1, 0.15) is 88.2 Å². The van der Waals surface area contributed by atoms with Gasteiger partial charge in [0.05, 0.1) is 13.2 Å². The Bertz CT molecular complexity index is 1280. The molecule has 2 aromatic rings. The Morgan fingerprint density at radius 2 is 1.07 bits per heavy atom. The molecule has 0 N–H and O–H groups in total. The van der Waals surface area contributed by atoms with E-state index < -0.39 is 0 Å². The summed E-state index contributed by atoms with van der Waals surface area (Å²) in [4.78, 5) is 0. The minimum absolute atomic E-state index is 0.267. The lowest BCUT2D eigenvalue weighted by Crippen LogP contribution is -2.49. The van der Waals surface area contributed by atoms with Gasteiger partial charge < -0.3 is 18.9 Å². The Morgan fingerprint density at radius 3 is 1.57 bits per heavy atom. The van der Waals surface area contributed by atoms with Gasteiger partial charge in [-0.25, -0.2) is 0 Å². The molecule has 8 bridgehead atoms. The van der Waals surface area contributed by atoms with Gasteiger partial charge >= 0.3 is 0 Å². The minimum atomic E-state index is 0.267. The van der Waals surface area contributed by atoms with Crippen molar-refractivity contribution in [3.63, 3.8) is 0 Å². The van der Waals surface area contributed by atoms with Crippen molar-refractivity contribution in [2.24, 2.45) is 35.5 Å². The summed E-state index contributed by atoms with van der Waals surface area (Å²) in [7, 11) is 0. The first-order valence-corrected chi connectivity index (χ1v) is 16.7. The van der Waals surface area contributed by atoms with Crippen molar-refractivity contribution in [2.75, 3.05) is 26.4 Å². The fourth-order valence-electron chi connectivity index (χ4n) is 12.0. The van der Waals surface area contributed by atoms with E-state index in [1.54, 1.807) is 11.1 Å². The second-order valence-electron chi connectivity index (χ2n) is 15.9. The molecule has 8 saturated carbocycles. The van der Waals surface area contributed by atoms with E-state index in [0.29, 0.717) is 18.6 Å². The van der Waals surface area contributed by atoms with Crippen molar-refractivity contribution in [2.45, 2.75) is 100 Å². The third kappa shape index (κ3) is 3.77. The van der Waals surface area contributed by atoms with Crippen LogP contribution in [0.5, 0.6) is 11.5 Å². The van der Waals surface area contributed by atoms with E-state index >= 15 is 0 Å². The van der Waals surface area contributed by atoms with Crippen molar-refractivity contribution in [1.29, 1.82) is 0 Å². The number of rotatable bonds is 8. The van der Waals surface area contributed by atoms with Gasteiger partial charge in [-0.3, -0.25) is 0 Å². The van der Waals surface area contributed by atoms with E-state index in [9.17, 15) is 0 Å². The minimum Gasteiger partial charge on any atom is -0.491 e. The van der Waals surface area contributed by atoms with E-state index in [2.05, 4.69) is 24.3 Å². The molecule has 2 aliphatic heterocycles. The molecule has 10 fully saturated rings. The first kappa shape index (κ1) is 23.7. The Balaban J connectivity index is 1.17. The van der Waals surface area contributed by atoms with Crippen molar-refractivity contribution >= 4 is 10.8 Å². The molecule has 2 atom stereocenters. The molecule has 40 heavy (non-hydrogen) atoms. The zero-order chi connectivity index (χ0) is 26.1. The first-order chi connectivity index (χ1) is 19.6. The quantitative estimate of drug-likeness (QED) is 0.329. The van der Waals surface area contributed by atoms with Crippen LogP contribution < -0.4 is 9.47 Å². The Kier molecular flexibility index (Phi) is 4.99. The van der Waals surface area contributed by atoms with Crippen LogP contribution in [0.4, 0.5) is 0 Å². The van der Waals surface area contributed by atoms with E-state index in [0.717, 1.165) is 54.5 Å². The summed E-state index contributed by atoms with van der Waals surface area (Å²) in [6.07, 6.45) is 17.5. The van der Waals surface area contributed by atoms with Crippen LogP contribution in [0.25, 0.3) is 10.8 Å². The monoisotopic (exact) mass is 540 g/mol. The molecule has 4 nitrogen and oxygen atoms in total. The van der Waals surface area contributed by atoms with Gasteiger partial charge in [0.15, 0.2) is 0 Å². The van der Waals surface area contributed by atoms with Gasteiger partial charge in [0.25, 0.3) is 0 Å². The molecule has 2 saturated heterocycles. The molecule has 12 rings (SSSR count). The predicted molar refractivity (Wildman–Crippen MR) is 154 cm³/mol. The summed E-state index contributed by atoms with van der Waals surface area (Å²) >= 11 is 0. The Labute approximate surface area is 238 Å². The van der Waals surface area contributed by atoms with Crippen molar-refractivity contribution < 1.29 is 18.9 Å². The first-order valence-electron chi connectivity index (χ1n) is 16.7. The lowest BCUT2D eigenvalue weighted by Gasteiger charge is -2.58. The van der Waals surface area contributed by atoms with Gasteiger partial charge in [0.1, 0.15) is 36.9 Å². The summed E-state index contributed by atoms with van der Waals surface area (Å²) in [6, 6.07) is 9.73. The van der Waals surface area contributed by atoms with Gasteiger partial charge in [-0.05, 0) is 146 Å². The van der Waals surface area contributed by atoms with E-state index in [-0.39, 0.29) is 17.6 Å². The third-order valence-corrected chi connectivity index (χ3v) is 12.9. The topological polar surface area (TPSA) is 43.5 Å². The highest BCUT2D eigenvalue weighted by Gasteiger charge is 2.55. The third-order valence-electron chi connectivity index (χ3n) is 12.9. The van der Waals surface area contributed by atoms with Crippen LogP contribution in [0.2, 0.25) is 0 Å². The summed E-state index contributed by atoms with van der Waals surface area (Å²) in [5, 5.41) is 2.76. The molecule has 8 aliphatic carbocycles. The molecule has 212 valence electrons. The average Bonchev–Trinajstić information content (AvgIpc) is 3.84. The van der Waals surface area contributed by atoms with Gasteiger partial charge in [-0.1, -0.05) is 12.1 Å².